The fraction of sp³-hybridized carbons (Fsp3) is 0.700. The molecule has 2 heteroatoms. The lowest BCUT2D eigenvalue weighted by atomic mass is 9.95. The van der Waals surface area contributed by atoms with Crippen LogP contribution in [0.4, 0.5) is 0 Å². The van der Waals surface area contributed by atoms with Gasteiger partial charge in [-0.15, -0.1) is 0 Å². The second-order valence-electron chi connectivity index (χ2n) is 7.69. The molecule has 1 aliphatic rings. The van der Waals surface area contributed by atoms with Gasteiger partial charge in [0, 0.05) is 37.3 Å². The Kier molecular flexibility index (Phi) is 5.68. The van der Waals surface area contributed by atoms with E-state index in [9.17, 15) is 0 Å². The minimum Gasteiger partial charge on any atom is -0.295 e. The van der Waals surface area contributed by atoms with Crippen molar-refractivity contribution in [3.63, 3.8) is 0 Å². The van der Waals surface area contributed by atoms with Crippen LogP contribution in [0.2, 0.25) is 0 Å². The predicted molar refractivity (Wildman–Crippen MR) is 96.4 cm³/mol. The third-order valence-electron chi connectivity index (χ3n) is 5.30. The molecule has 1 aromatic rings. The van der Waals surface area contributed by atoms with Crippen molar-refractivity contribution in [3.8, 4) is 0 Å². The monoisotopic (exact) mass is 302 g/mol. The summed E-state index contributed by atoms with van der Waals surface area (Å²) >= 11 is 0. The van der Waals surface area contributed by atoms with Crippen LogP contribution in [0.25, 0.3) is 0 Å². The van der Waals surface area contributed by atoms with Crippen LogP contribution < -0.4 is 0 Å². The number of hydrogen-bond donors (Lipinski definition) is 0. The topological polar surface area (TPSA) is 6.48 Å². The minimum absolute atomic E-state index is 0.491. The van der Waals surface area contributed by atoms with E-state index in [1.165, 1.54) is 17.7 Å². The van der Waals surface area contributed by atoms with Crippen molar-refractivity contribution in [2.24, 2.45) is 0 Å². The van der Waals surface area contributed by atoms with Gasteiger partial charge in [0.25, 0.3) is 0 Å². The molecular weight excluding hydrogens is 268 g/mol. The summed E-state index contributed by atoms with van der Waals surface area (Å²) in [6, 6.07) is 11.5. The van der Waals surface area contributed by atoms with Crippen molar-refractivity contribution in [1.82, 2.24) is 9.80 Å². The van der Waals surface area contributed by atoms with Crippen LogP contribution in [0, 0.1) is 0 Å². The molecule has 2 nitrogen and oxygen atoms in total. The van der Waals surface area contributed by atoms with Gasteiger partial charge < -0.3 is 0 Å². The highest BCUT2D eigenvalue weighted by Crippen LogP contribution is 2.29. The van der Waals surface area contributed by atoms with Gasteiger partial charge in [-0.1, -0.05) is 38.1 Å². The molecule has 3 atom stereocenters. The van der Waals surface area contributed by atoms with Crippen LogP contribution in [-0.2, 0) is 0 Å². The van der Waals surface area contributed by atoms with E-state index in [0.717, 1.165) is 6.54 Å². The molecule has 1 saturated heterocycles. The van der Waals surface area contributed by atoms with Crippen molar-refractivity contribution in [1.29, 1.82) is 0 Å². The zero-order valence-corrected chi connectivity index (χ0v) is 15.5. The van der Waals surface area contributed by atoms with Gasteiger partial charge in [-0.25, -0.2) is 0 Å². The van der Waals surface area contributed by atoms with E-state index in [-0.39, 0.29) is 0 Å². The Balaban J connectivity index is 2.16. The van der Waals surface area contributed by atoms with Gasteiger partial charge in [-0.3, -0.25) is 9.80 Å². The van der Waals surface area contributed by atoms with Crippen LogP contribution in [0.15, 0.2) is 24.3 Å². The van der Waals surface area contributed by atoms with E-state index < -0.39 is 0 Å². The molecule has 0 spiro atoms. The van der Waals surface area contributed by atoms with Gasteiger partial charge in [0.2, 0.25) is 0 Å². The Morgan fingerprint density at radius 3 is 2.00 bits per heavy atom. The minimum atomic E-state index is 0.491. The van der Waals surface area contributed by atoms with Crippen LogP contribution in [0.5, 0.6) is 0 Å². The SMILES string of the molecule is CC(C)c1cccc([C@@H](C)N2C[C@@H](C)N(C(C)C)C[C@H]2C)c1. The first-order chi connectivity index (χ1) is 10.3. The molecule has 2 rings (SSSR count). The van der Waals surface area contributed by atoms with Crippen LogP contribution in [-0.4, -0.2) is 41.0 Å². The first kappa shape index (κ1) is 17.5. The maximum atomic E-state index is 2.68. The Morgan fingerprint density at radius 2 is 1.41 bits per heavy atom. The third kappa shape index (κ3) is 3.72. The lowest BCUT2D eigenvalue weighted by Crippen LogP contribution is -2.58. The molecule has 0 bridgehead atoms. The number of hydrogen-bond acceptors (Lipinski definition) is 2. The van der Waals surface area contributed by atoms with E-state index in [2.05, 4.69) is 82.5 Å². The summed E-state index contributed by atoms with van der Waals surface area (Å²) in [5, 5.41) is 0. The average Bonchev–Trinajstić information content (AvgIpc) is 2.48. The first-order valence-electron chi connectivity index (χ1n) is 8.92. The van der Waals surface area contributed by atoms with Gasteiger partial charge in [-0.2, -0.15) is 0 Å². The van der Waals surface area contributed by atoms with Crippen LogP contribution in [0.1, 0.15) is 71.6 Å². The summed E-state index contributed by atoms with van der Waals surface area (Å²) in [4.78, 5) is 5.32. The van der Waals surface area contributed by atoms with Gasteiger partial charge in [0.05, 0.1) is 0 Å². The Labute approximate surface area is 137 Å². The smallest absolute Gasteiger partial charge is 0.0324 e. The Morgan fingerprint density at radius 1 is 0.864 bits per heavy atom. The van der Waals surface area contributed by atoms with Crippen molar-refractivity contribution in [3.05, 3.63) is 35.4 Å². The zero-order valence-electron chi connectivity index (χ0n) is 15.5. The number of benzene rings is 1. The van der Waals surface area contributed by atoms with E-state index >= 15 is 0 Å². The van der Waals surface area contributed by atoms with Crippen LogP contribution >= 0.6 is 0 Å². The van der Waals surface area contributed by atoms with Crippen molar-refractivity contribution in [2.45, 2.75) is 78.6 Å². The predicted octanol–water partition coefficient (Wildman–Crippen LogP) is 4.67. The molecule has 1 aliphatic heterocycles. The lowest BCUT2D eigenvalue weighted by Gasteiger charge is -2.48. The number of piperazine rings is 1. The molecule has 1 fully saturated rings. The second-order valence-corrected chi connectivity index (χ2v) is 7.69. The van der Waals surface area contributed by atoms with Crippen LogP contribution in [0.3, 0.4) is 0 Å². The first-order valence-corrected chi connectivity index (χ1v) is 8.92. The molecular formula is C20H34N2. The summed E-state index contributed by atoms with van der Waals surface area (Å²) in [5.41, 5.74) is 2.91. The standard InChI is InChI=1S/C20H34N2/c1-14(2)19-9-8-10-20(11-19)18(7)22-13-16(5)21(15(3)4)12-17(22)6/h8-11,14-18H,12-13H2,1-7H3/t16-,17-,18-/m1/s1. The molecule has 0 N–H and O–H groups in total. The molecule has 124 valence electrons. The van der Waals surface area contributed by atoms with E-state index in [1.807, 2.05) is 0 Å². The van der Waals surface area contributed by atoms with Gasteiger partial charge in [-0.05, 0) is 51.7 Å². The van der Waals surface area contributed by atoms with Gasteiger partial charge in [0.1, 0.15) is 0 Å². The summed E-state index contributed by atoms with van der Waals surface area (Å²) in [6.07, 6.45) is 0. The Hall–Kier alpha value is -0.860. The average molecular weight is 303 g/mol. The highest BCUT2D eigenvalue weighted by molar-refractivity contribution is 5.28. The van der Waals surface area contributed by atoms with Crippen molar-refractivity contribution < 1.29 is 0 Å². The summed E-state index contributed by atoms with van der Waals surface area (Å²) < 4.78 is 0. The maximum Gasteiger partial charge on any atom is 0.0324 e. The third-order valence-corrected chi connectivity index (χ3v) is 5.30. The quantitative estimate of drug-likeness (QED) is 0.797. The van der Waals surface area contributed by atoms with Crippen molar-refractivity contribution in [2.75, 3.05) is 13.1 Å². The van der Waals surface area contributed by atoms with Gasteiger partial charge >= 0.3 is 0 Å². The number of rotatable bonds is 4. The van der Waals surface area contributed by atoms with E-state index in [0.29, 0.717) is 30.1 Å². The zero-order chi connectivity index (χ0) is 16.4. The van der Waals surface area contributed by atoms with E-state index in [4.69, 9.17) is 0 Å². The van der Waals surface area contributed by atoms with Crippen molar-refractivity contribution >= 4 is 0 Å². The normalized spacial score (nSPS) is 25.9. The van der Waals surface area contributed by atoms with Gasteiger partial charge in [0.15, 0.2) is 0 Å². The maximum absolute atomic E-state index is 2.68. The summed E-state index contributed by atoms with van der Waals surface area (Å²) in [7, 11) is 0. The molecule has 22 heavy (non-hydrogen) atoms. The molecule has 0 aromatic heterocycles. The number of nitrogens with zero attached hydrogens (tertiary/aromatic N) is 2. The van der Waals surface area contributed by atoms with E-state index in [1.54, 1.807) is 0 Å². The summed E-state index contributed by atoms with van der Waals surface area (Å²) in [6.45, 7) is 18.6. The molecule has 0 saturated carbocycles. The molecule has 1 heterocycles. The fourth-order valence-corrected chi connectivity index (χ4v) is 3.81. The largest absolute Gasteiger partial charge is 0.295 e. The Bertz CT molecular complexity index is 480. The summed E-state index contributed by atoms with van der Waals surface area (Å²) in [5.74, 6) is 0.598. The highest BCUT2D eigenvalue weighted by atomic mass is 15.3. The molecule has 0 radical (unpaired) electrons. The second kappa shape index (κ2) is 7.14. The lowest BCUT2D eigenvalue weighted by molar-refractivity contribution is 0.00284. The molecule has 0 unspecified atom stereocenters. The molecule has 0 amide bonds. The highest BCUT2D eigenvalue weighted by Gasteiger charge is 2.33. The molecule has 0 aliphatic carbocycles. The fourth-order valence-electron chi connectivity index (χ4n) is 3.81. The molecule has 1 aromatic carbocycles.